The largest absolute Gasteiger partial charge is 0.344 e. The molecule has 162 valence electrons. The third kappa shape index (κ3) is 4.11. The molecule has 7 heteroatoms. The number of thiazole rings is 1. The highest BCUT2D eigenvalue weighted by atomic mass is 32.1. The van der Waals surface area contributed by atoms with Crippen molar-refractivity contribution in [3.8, 4) is 11.3 Å². The molecule has 2 aromatic heterocycles. The van der Waals surface area contributed by atoms with Crippen molar-refractivity contribution >= 4 is 39.2 Å². The molecule has 0 fully saturated rings. The van der Waals surface area contributed by atoms with Gasteiger partial charge in [0, 0.05) is 25.0 Å². The Hall–Kier alpha value is -3.58. The molecule has 0 saturated carbocycles. The maximum atomic E-state index is 13.3. The van der Waals surface area contributed by atoms with Crippen molar-refractivity contribution in [3.05, 3.63) is 75.8 Å². The number of fused-ring (bicyclic) bond motifs is 1. The third-order valence-electron chi connectivity index (χ3n) is 5.38. The number of aromatic nitrogens is 2. The molecule has 0 bridgehead atoms. The fourth-order valence-corrected chi connectivity index (χ4v) is 4.41. The van der Waals surface area contributed by atoms with Gasteiger partial charge >= 0.3 is 0 Å². The van der Waals surface area contributed by atoms with Gasteiger partial charge in [-0.25, -0.2) is 9.97 Å². The van der Waals surface area contributed by atoms with Crippen molar-refractivity contribution in [2.24, 2.45) is 0 Å². The lowest BCUT2D eigenvalue weighted by Gasteiger charge is -2.11. The maximum Gasteiger partial charge on any atom is 0.265 e. The number of para-hydroxylation sites is 1. The third-order valence-corrected chi connectivity index (χ3v) is 6.44. The first-order chi connectivity index (χ1) is 15.2. The molecule has 0 aliphatic heterocycles. The van der Waals surface area contributed by atoms with Crippen LogP contribution in [0.2, 0.25) is 0 Å². The molecule has 2 heterocycles. The predicted octanol–water partition coefficient (Wildman–Crippen LogP) is 5.24. The molecule has 0 aliphatic rings. The van der Waals surface area contributed by atoms with E-state index in [2.05, 4.69) is 36.3 Å². The van der Waals surface area contributed by atoms with Crippen LogP contribution >= 0.6 is 11.3 Å². The molecule has 6 nitrogen and oxygen atoms in total. The Morgan fingerprint density at radius 3 is 2.41 bits per heavy atom. The van der Waals surface area contributed by atoms with Crippen molar-refractivity contribution in [2.75, 3.05) is 19.4 Å². The van der Waals surface area contributed by atoms with E-state index in [1.165, 1.54) is 27.4 Å². The van der Waals surface area contributed by atoms with Gasteiger partial charge in [0.15, 0.2) is 5.13 Å². The van der Waals surface area contributed by atoms with E-state index in [4.69, 9.17) is 4.98 Å². The van der Waals surface area contributed by atoms with Gasteiger partial charge in [0.1, 0.15) is 4.88 Å². The Balaban J connectivity index is 1.75. The number of carbonyl (C=O) groups excluding carboxylic acids is 2. The fourth-order valence-electron chi connectivity index (χ4n) is 3.43. The van der Waals surface area contributed by atoms with Crippen LogP contribution in [-0.2, 0) is 0 Å². The molecule has 4 rings (SSSR count). The van der Waals surface area contributed by atoms with Gasteiger partial charge in [0.25, 0.3) is 11.8 Å². The Morgan fingerprint density at radius 1 is 0.938 bits per heavy atom. The van der Waals surface area contributed by atoms with Gasteiger partial charge in [-0.05, 0) is 50.1 Å². The summed E-state index contributed by atoms with van der Waals surface area (Å²) in [6.07, 6.45) is 0. The van der Waals surface area contributed by atoms with Crippen molar-refractivity contribution in [1.29, 1.82) is 0 Å². The summed E-state index contributed by atoms with van der Waals surface area (Å²) in [6.45, 7) is 5.89. The summed E-state index contributed by atoms with van der Waals surface area (Å²) in [7, 11) is 3.38. The summed E-state index contributed by atoms with van der Waals surface area (Å²) in [5, 5.41) is 4.03. The summed E-state index contributed by atoms with van der Waals surface area (Å²) >= 11 is 1.18. The van der Waals surface area contributed by atoms with Gasteiger partial charge in [-0.1, -0.05) is 41.7 Å². The first-order valence-electron chi connectivity index (χ1n) is 10.2. The number of hydrogen-bond acceptors (Lipinski definition) is 5. The number of pyridine rings is 1. The van der Waals surface area contributed by atoms with Crippen molar-refractivity contribution < 1.29 is 9.59 Å². The molecular formula is C25H24N4O2S. The number of nitrogens with one attached hydrogen (secondary N) is 1. The van der Waals surface area contributed by atoms with Crippen LogP contribution in [-0.4, -0.2) is 40.8 Å². The molecule has 2 aromatic carbocycles. The van der Waals surface area contributed by atoms with Gasteiger partial charge in [-0.3, -0.25) is 14.9 Å². The number of rotatable bonds is 4. The Labute approximate surface area is 190 Å². The number of amides is 2. The summed E-state index contributed by atoms with van der Waals surface area (Å²) < 4.78 is 0. The quantitative estimate of drug-likeness (QED) is 0.467. The fraction of sp³-hybridized carbons (Fsp3) is 0.200. The smallest absolute Gasteiger partial charge is 0.265 e. The van der Waals surface area contributed by atoms with Crippen LogP contribution in [0.25, 0.3) is 22.2 Å². The van der Waals surface area contributed by atoms with Crippen LogP contribution in [0.4, 0.5) is 5.13 Å². The summed E-state index contributed by atoms with van der Waals surface area (Å²) in [5.41, 5.74) is 5.91. The normalized spacial score (nSPS) is 10.9. The van der Waals surface area contributed by atoms with Gasteiger partial charge < -0.3 is 4.90 Å². The molecule has 4 aromatic rings. The zero-order chi connectivity index (χ0) is 23.0. The highest BCUT2D eigenvalue weighted by Crippen LogP contribution is 2.28. The lowest BCUT2D eigenvalue weighted by atomic mass is 10.0. The monoisotopic (exact) mass is 444 g/mol. The summed E-state index contributed by atoms with van der Waals surface area (Å²) in [6, 6.07) is 15.6. The van der Waals surface area contributed by atoms with Crippen LogP contribution in [0.1, 0.15) is 36.9 Å². The first-order valence-corrected chi connectivity index (χ1v) is 11.0. The number of anilines is 1. The summed E-state index contributed by atoms with van der Waals surface area (Å²) in [4.78, 5) is 36.8. The van der Waals surface area contributed by atoms with E-state index in [9.17, 15) is 9.59 Å². The Morgan fingerprint density at radius 2 is 1.69 bits per heavy atom. The Bertz CT molecular complexity index is 1360. The molecule has 0 aliphatic carbocycles. The van der Waals surface area contributed by atoms with E-state index in [0.29, 0.717) is 21.3 Å². The van der Waals surface area contributed by atoms with E-state index >= 15 is 0 Å². The van der Waals surface area contributed by atoms with Gasteiger partial charge in [0.2, 0.25) is 0 Å². The van der Waals surface area contributed by atoms with Gasteiger partial charge in [-0.2, -0.15) is 0 Å². The highest BCUT2D eigenvalue weighted by molar-refractivity contribution is 7.17. The van der Waals surface area contributed by atoms with Crippen LogP contribution in [0.3, 0.4) is 0 Å². The maximum absolute atomic E-state index is 13.3. The number of aryl methyl sites for hydroxylation is 3. The minimum atomic E-state index is -0.286. The number of benzene rings is 2. The van der Waals surface area contributed by atoms with Crippen LogP contribution in [0, 0.1) is 20.8 Å². The van der Waals surface area contributed by atoms with Crippen molar-refractivity contribution in [2.45, 2.75) is 20.8 Å². The molecule has 0 radical (unpaired) electrons. The molecule has 0 atom stereocenters. The van der Waals surface area contributed by atoms with Crippen molar-refractivity contribution in [1.82, 2.24) is 14.9 Å². The number of carbonyl (C=O) groups is 2. The predicted molar refractivity (Wildman–Crippen MR) is 129 cm³/mol. The number of nitrogens with zero attached hydrogens (tertiary/aromatic N) is 3. The van der Waals surface area contributed by atoms with Crippen molar-refractivity contribution in [3.63, 3.8) is 0 Å². The molecule has 0 unspecified atom stereocenters. The number of hydrogen-bond donors (Lipinski definition) is 1. The van der Waals surface area contributed by atoms with Gasteiger partial charge in [-0.15, -0.1) is 0 Å². The zero-order valence-corrected chi connectivity index (χ0v) is 19.5. The minimum Gasteiger partial charge on any atom is -0.344 e. The SMILES string of the molecule is Cc1ccc(-c2cc(C(=O)Nc3nc(C)c(C(=O)N(C)C)s3)c3ccccc3n2)cc1C. The van der Waals surface area contributed by atoms with Crippen LogP contribution < -0.4 is 5.32 Å². The lowest BCUT2D eigenvalue weighted by Crippen LogP contribution is -2.21. The average Bonchev–Trinajstić information content (AvgIpc) is 3.13. The van der Waals surface area contributed by atoms with E-state index in [-0.39, 0.29) is 11.8 Å². The average molecular weight is 445 g/mol. The van der Waals surface area contributed by atoms with Crippen LogP contribution in [0.15, 0.2) is 48.5 Å². The first kappa shape index (κ1) is 21.6. The molecule has 1 N–H and O–H groups in total. The van der Waals surface area contributed by atoms with Gasteiger partial charge in [0.05, 0.1) is 22.5 Å². The second-order valence-corrected chi connectivity index (χ2v) is 8.96. The minimum absolute atomic E-state index is 0.133. The zero-order valence-electron chi connectivity index (χ0n) is 18.7. The van der Waals surface area contributed by atoms with E-state index < -0.39 is 0 Å². The highest BCUT2D eigenvalue weighted by Gasteiger charge is 2.20. The molecular weight excluding hydrogens is 420 g/mol. The standard InChI is InChI=1S/C25H24N4O2S/c1-14-10-11-17(12-15(14)2)21-13-19(18-8-6-7-9-20(18)27-21)23(30)28-25-26-16(3)22(32-25)24(31)29(4)5/h6-13H,1-5H3,(H,26,28,30). The molecule has 0 saturated heterocycles. The topological polar surface area (TPSA) is 75.2 Å². The second kappa shape index (κ2) is 8.51. The second-order valence-electron chi connectivity index (χ2n) is 7.96. The molecule has 32 heavy (non-hydrogen) atoms. The lowest BCUT2D eigenvalue weighted by molar-refractivity contribution is 0.0831. The molecule has 2 amide bonds. The van der Waals surface area contributed by atoms with E-state index in [1.807, 2.05) is 36.4 Å². The van der Waals surface area contributed by atoms with E-state index in [0.717, 1.165) is 22.2 Å². The van der Waals surface area contributed by atoms with E-state index in [1.54, 1.807) is 21.0 Å². The molecule has 0 spiro atoms. The van der Waals surface area contributed by atoms with Crippen LogP contribution in [0.5, 0.6) is 0 Å². The Kier molecular flexibility index (Phi) is 5.76. The summed E-state index contributed by atoms with van der Waals surface area (Å²) in [5.74, 6) is -0.418.